The molecule has 3 aromatic rings. The lowest BCUT2D eigenvalue weighted by atomic mass is 10.2. The van der Waals surface area contributed by atoms with Crippen molar-refractivity contribution in [1.82, 2.24) is 14.1 Å². The summed E-state index contributed by atoms with van der Waals surface area (Å²) in [5.41, 5.74) is -0.221. The van der Waals surface area contributed by atoms with Crippen molar-refractivity contribution in [2.75, 3.05) is 35.8 Å². The Labute approximate surface area is 202 Å². The number of hydrogen-bond acceptors (Lipinski definition) is 8. The van der Waals surface area contributed by atoms with Crippen molar-refractivity contribution >= 4 is 39.2 Å². The van der Waals surface area contributed by atoms with Crippen molar-refractivity contribution in [1.29, 1.82) is 0 Å². The van der Waals surface area contributed by atoms with Crippen LogP contribution in [0.2, 0.25) is 0 Å². The third kappa shape index (κ3) is 4.54. The van der Waals surface area contributed by atoms with Gasteiger partial charge in [-0.25, -0.2) is 9.78 Å². The third-order valence-electron chi connectivity index (χ3n) is 5.46. The number of fused-ring (bicyclic) bond motifs is 1. The van der Waals surface area contributed by atoms with Gasteiger partial charge in [-0.05, 0) is 45.8 Å². The molecule has 0 spiro atoms. The number of rotatable bonds is 7. The number of aliphatic hydroxyl groups is 1. The number of nitrogens with zero attached hydrogens (tertiary/aromatic N) is 4. The molecule has 1 aliphatic rings. The Balaban J connectivity index is 1.67. The van der Waals surface area contributed by atoms with Crippen LogP contribution in [-0.2, 0) is 18.4 Å². The van der Waals surface area contributed by atoms with Gasteiger partial charge in [0.25, 0.3) is 5.56 Å². The summed E-state index contributed by atoms with van der Waals surface area (Å²) in [5.74, 6) is 0.803. The van der Waals surface area contributed by atoms with Crippen molar-refractivity contribution in [3.63, 3.8) is 0 Å². The number of aromatic nitrogens is 3. The zero-order valence-corrected chi connectivity index (χ0v) is 20.1. The number of pyridine rings is 1. The van der Waals surface area contributed by atoms with Crippen molar-refractivity contribution in [3.05, 3.63) is 73.5 Å². The van der Waals surface area contributed by atoms with Gasteiger partial charge < -0.3 is 25.4 Å². The van der Waals surface area contributed by atoms with Gasteiger partial charge in [-0.3, -0.25) is 18.7 Å². The Morgan fingerprint density at radius 3 is 2.62 bits per heavy atom. The van der Waals surface area contributed by atoms with Crippen LogP contribution >= 0.6 is 15.9 Å². The maximum atomic E-state index is 13.4. The average molecular weight is 531 g/mol. The van der Waals surface area contributed by atoms with E-state index in [1.54, 1.807) is 49.6 Å². The van der Waals surface area contributed by atoms with Crippen LogP contribution < -0.4 is 31.5 Å². The highest BCUT2D eigenvalue weighted by molar-refractivity contribution is 9.10. The summed E-state index contributed by atoms with van der Waals surface area (Å²) >= 11 is 3.25. The van der Waals surface area contributed by atoms with Crippen molar-refractivity contribution in [2.24, 2.45) is 7.05 Å². The molecule has 3 N–H and O–H groups in total. The molecule has 1 aliphatic heterocycles. The van der Waals surface area contributed by atoms with Gasteiger partial charge in [-0.2, -0.15) is 0 Å². The van der Waals surface area contributed by atoms with E-state index in [0.717, 1.165) is 10.1 Å². The summed E-state index contributed by atoms with van der Waals surface area (Å²) in [6.07, 6.45) is -0.758. The monoisotopic (exact) mass is 530 g/mol. The molecule has 0 bridgehead atoms. The summed E-state index contributed by atoms with van der Waals surface area (Å²) in [6, 6.07) is 12.1. The highest BCUT2D eigenvalue weighted by Crippen LogP contribution is 2.29. The van der Waals surface area contributed by atoms with Gasteiger partial charge in [0.2, 0.25) is 5.91 Å². The minimum Gasteiger partial charge on any atom is -0.497 e. The highest BCUT2D eigenvalue weighted by Gasteiger charge is 2.35. The zero-order valence-electron chi connectivity index (χ0n) is 18.5. The Morgan fingerprint density at radius 2 is 1.97 bits per heavy atom. The molecule has 11 nitrogen and oxygen atoms in total. The van der Waals surface area contributed by atoms with Crippen LogP contribution in [0, 0.1) is 0 Å². The van der Waals surface area contributed by atoms with E-state index < -0.39 is 23.3 Å². The number of carbonyl (C=O) groups excluding carboxylic acids is 1. The topological polar surface area (TPSA) is 131 Å². The molecule has 1 aromatic carbocycles. The standard InChI is InChI=1S/C22H23BrN6O5/c1-27-20-19(21(32)29(22(27)33)10-13-6-8-14(34-2)9-7-13)28(17(12-30)26-20)11-18(31)25-16-5-3-4-15(23)24-16/h3-9,17,26,30H,10-12H2,1-2H3,(H,24,25,31). The summed E-state index contributed by atoms with van der Waals surface area (Å²) in [6.45, 7) is -0.590. The maximum absolute atomic E-state index is 13.4. The summed E-state index contributed by atoms with van der Waals surface area (Å²) in [4.78, 5) is 44.8. The SMILES string of the molecule is COc1ccc(Cn2c(=O)c3c(n(C)c2=O)NC(CO)N3CC(=O)Nc2cccc(Br)n2)cc1. The molecule has 3 heterocycles. The second-order valence-electron chi connectivity index (χ2n) is 7.64. The van der Waals surface area contributed by atoms with Crippen LogP contribution in [-0.4, -0.2) is 51.6 Å². The van der Waals surface area contributed by atoms with Gasteiger partial charge in [-0.1, -0.05) is 18.2 Å². The first-order chi connectivity index (χ1) is 16.3. The molecule has 0 radical (unpaired) electrons. The summed E-state index contributed by atoms with van der Waals surface area (Å²) < 4.78 is 8.11. The predicted octanol–water partition coefficient (Wildman–Crippen LogP) is 0.950. The van der Waals surface area contributed by atoms with Crippen molar-refractivity contribution < 1.29 is 14.6 Å². The normalized spacial score (nSPS) is 14.5. The number of benzene rings is 1. The van der Waals surface area contributed by atoms with E-state index in [-0.39, 0.29) is 31.2 Å². The number of amides is 1. The molecule has 4 rings (SSSR count). The van der Waals surface area contributed by atoms with E-state index >= 15 is 0 Å². The van der Waals surface area contributed by atoms with Crippen LogP contribution in [0.5, 0.6) is 5.75 Å². The molecule has 0 saturated heterocycles. The zero-order chi connectivity index (χ0) is 24.4. The van der Waals surface area contributed by atoms with E-state index in [9.17, 15) is 19.5 Å². The molecule has 1 unspecified atom stereocenters. The predicted molar refractivity (Wildman–Crippen MR) is 130 cm³/mol. The maximum Gasteiger partial charge on any atom is 0.332 e. The second kappa shape index (κ2) is 9.69. The number of ether oxygens (including phenoxy) is 1. The number of anilines is 3. The fourth-order valence-electron chi connectivity index (χ4n) is 3.77. The number of carbonyl (C=O) groups is 1. The number of nitrogens with one attached hydrogen (secondary N) is 2. The first kappa shape index (κ1) is 23.5. The molecular weight excluding hydrogens is 508 g/mol. The van der Waals surface area contributed by atoms with Crippen LogP contribution in [0.15, 0.2) is 56.7 Å². The second-order valence-corrected chi connectivity index (χ2v) is 8.45. The number of hydrogen-bond donors (Lipinski definition) is 3. The number of methoxy groups -OCH3 is 1. The molecule has 12 heteroatoms. The Bertz CT molecular complexity index is 1340. The van der Waals surface area contributed by atoms with Gasteiger partial charge in [-0.15, -0.1) is 0 Å². The van der Waals surface area contributed by atoms with Gasteiger partial charge in [0.05, 0.1) is 26.8 Å². The Morgan fingerprint density at radius 1 is 1.24 bits per heavy atom. The van der Waals surface area contributed by atoms with Crippen LogP contribution in [0.1, 0.15) is 5.56 Å². The molecule has 34 heavy (non-hydrogen) atoms. The molecule has 0 saturated carbocycles. The van der Waals surface area contributed by atoms with E-state index in [0.29, 0.717) is 16.2 Å². The lowest BCUT2D eigenvalue weighted by molar-refractivity contribution is -0.115. The molecule has 0 fully saturated rings. The van der Waals surface area contributed by atoms with Crippen LogP contribution in [0.4, 0.5) is 17.3 Å². The van der Waals surface area contributed by atoms with Crippen LogP contribution in [0.25, 0.3) is 0 Å². The Hall–Kier alpha value is -3.64. The Kier molecular flexibility index (Phi) is 6.70. The molecular formula is C22H23BrN6O5. The molecule has 2 aromatic heterocycles. The summed E-state index contributed by atoms with van der Waals surface area (Å²) in [7, 11) is 3.08. The average Bonchev–Trinajstić information content (AvgIpc) is 3.19. The smallest absolute Gasteiger partial charge is 0.332 e. The van der Waals surface area contributed by atoms with E-state index in [1.165, 1.54) is 16.5 Å². The number of aliphatic hydroxyl groups excluding tert-OH is 1. The van der Waals surface area contributed by atoms with E-state index in [1.807, 2.05) is 0 Å². The van der Waals surface area contributed by atoms with Gasteiger partial charge in [0.1, 0.15) is 33.8 Å². The fraction of sp³-hybridized carbons (Fsp3) is 0.273. The third-order valence-corrected chi connectivity index (χ3v) is 5.90. The molecule has 0 aliphatic carbocycles. The molecule has 1 atom stereocenters. The van der Waals surface area contributed by atoms with Gasteiger partial charge in [0, 0.05) is 7.05 Å². The quantitative estimate of drug-likeness (QED) is 0.385. The first-order valence-corrected chi connectivity index (χ1v) is 11.1. The molecule has 178 valence electrons. The van der Waals surface area contributed by atoms with E-state index in [4.69, 9.17) is 4.74 Å². The lowest BCUT2D eigenvalue weighted by Crippen LogP contribution is -2.46. The highest BCUT2D eigenvalue weighted by atomic mass is 79.9. The minimum atomic E-state index is -0.758. The minimum absolute atomic E-state index is 0.0363. The van der Waals surface area contributed by atoms with Crippen molar-refractivity contribution in [3.8, 4) is 5.75 Å². The van der Waals surface area contributed by atoms with E-state index in [2.05, 4.69) is 31.5 Å². The fourth-order valence-corrected chi connectivity index (χ4v) is 4.11. The molecule has 1 amide bonds. The largest absolute Gasteiger partial charge is 0.497 e. The summed E-state index contributed by atoms with van der Waals surface area (Å²) in [5, 5.41) is 15.5. The number of halogens is 1. The first-order valence-electron chi connectivity index (χ1n) is 10.4. The lowest BCUT2D eigenvalue weighted by Gasteiger charge is -2.24. The van der Waals surface area contributed by atoms with Crippen molar-refractivity contribution in [2.45, 2.75) is 12.7 Å². The van der Waals surface area contributed by atoms with Gasteiger partial charge >= 0.3 is 5.69 Å². The van der Waals surface area contributed by atoms with Crippen LogP contribution in [0.3, 0.4) is 0 Å². The van der Waals surface area contributed by atoms with Gasteiger partial charge in [0.15, 0.2) is 0 Å².